The van der Waals surface area contributed by atoms with Crippen LogP contribution in [0.2, 0.25) is 0 Å². The summed E-state index contributed by atoms with van der Waals surface area (Å²) < 4.78 is 1.47. The number of amides is 1. The molecule has 0 aromatic heterocycles. The minimum absolute atomic E-state index is 0.132. The van der Waals surface area contributed by atoms with Crippen molar-refractivity contribution in [3.8, 4) is 0 Å². The Balaban J connectivity index is 2.27. The van der Waals surface area contributed by atoms with E-state index in [-0.39, 0.29) is 11.3 Å². The Kier molecular flexibility index (Phi) is 4.71. The van der Waals surface area contributed by atoms with E-state index in [0.717, 1.165) is 3.57 Å². The fourth-order valence-electron chi connectivity index (χ4n) is 1.58. The van der Waals surface area contributed by atoms with Gasteiger partial charge in [0.05, 0.1) is 4.92 Å². The lowest BCUT2D eigenvalue weighted by Crippen LogP contribution is -2.12. The van der Waals surface area contributed by atoms with Crippen LogP contribution in [0, 0.1) is 13.7 Å². The lowest BCUT2D eigenvalue weighted by Gasteiger charge is -2.06. The number of halogens is 2. The van der Waals surface area contributed by atoms with Crippen LogP contribution >= 0.6 is 38.5 Å². The molecule has 0 fully saturated rings. The molecule has 20 heavy (non-hydrogen) atoms. The highest BCUT2D eigenvalue weighted by Gasteiger charge is 2.14. The molecule has 0 atom stereocenters. The number of nitrogens with zero attached hydrogens (tertiary/aromatic N) is 1. The van der Waals surface area contributed by atoms with E-state index in [0.29, 0.717) is 10.2 Å². The van der Waals surface area contributed by atoms with Gasteiger partial charge in [-0.2, -0.15) is 0 Å². The summed E-state index contributed by atoms with van der Waals surface area (Å²) in [6.45, 7) is 0. The van der Waals surface area contributed by atoms with Crippen molar-refractivity contribution in [3.63, 3.8) is 0 Å². The number of nitro benzene ring substituents is 1. The molecule has 2 aromatic carbocycles. The highest BCUT2D eigenvalue weighted by molar-refractivity contribution is 14.1. The molecule has 0 aliphatic heterocycles. The summed E-state index contributed by atoms with van der Waals surface area (Å²) in [6, 6.07) is 11.4. The summed E-state index contributed by atoms with van der Waals surface area (Å²) in [5.74, 6) is -0.392. The Morgan fingerprint density at radius 3 is 2.65 bits per heavy atom. The van der Waals surface area contributed by atoms with Gasteiger partial charge in [0.1, 0.15) is 0 Å². The van der Waals surface area contributed by atoms with Crippen LogP contribution in [-0.4, -0.2) is 10.8 Å². The molecule has 0 aliphatic carbocycles. The monoisotopic (exact) mass is 446 g/mol. The zero-order valence-electron chi connectivity index (χ0n) is 9.97. The highest BCUT2D eigenvalue weighted by atomic mass is 127. The number of non-ortho nitro benzene ring substituents is 1. The SMILES string of the molecule is O=C(Nc1cccc(I)c1)c1cc(Br)cc([N+](=O)[O-])c1. The first-order chi connectivity index (χ1) is 9.45. The highest BCUT2D eigenvalue weighted by Crippen LogP contribution is 2.22. The van der Waals surface area contributed by atoms with Gasteiger partial charge >= 0.3 is 0 Å². The maximum absolute atomic E-state index is 12.1. The zero-order valence-corrected chi connectivity index (χ0v) is 13.7. The smallest absolute Gasteiger partial charge is 0.271 e. The summed E-state index contributed by atoms with van der Waals surface area (Å²) in [6.07, 6.45) is 0. The molecule has 7 heteroatoms. The van der Waals surface area contributed by atoms with Gasteiger partial charge in [0.15, 0.2) is 0 Å². The van der Waals surface area contributed by atoms with Crippen molar-refractivity contribution in [1.82, 2.24) is 0 Å². The fraction of sp³-hybridized carbons (Fsp3) is 0. The second kappa shape index (κ2) is 6.31. The molecule has 0 heterocycles. The first kappa shape index (κ1) is 14.9. The Bertz CT molecular complexity index is 691. The molecule has 102 valence electrons. The largest absolute Gasteiger partial charge is 0.322 e. The number of anilines is 1. The number of rotatable bonds is 3. The van der Waals surface area contributed by atoms with Crippen LogP contribution in [0.3, 0.4) is 0 Å². The average molecular weight is 447 g/mol. The predicted molar refractivity (Wildman–Crippen MR) is 87.9 cm³/mol. The van der Waals surface area contributed by atoms with Crippen molar-refractivity contribution in [2.45, 2.75) is 0 Å². The summed E-state index contributed by atoms with van der Waals surface area (Å²) in [7, 11) is 0. The van der Waals surface area contributed by atoms with E-state index in [9.17, 15) is 14.9 Å². The van der Waals surface area contributed by atoms with Gasteiger partial charge in [-0.3, -0.25) is 14.9 Å². The van der Waals surface area contributed by atoms with Gasteiger partial charge in [0, 0.05) is 31.4 Å². The van der Waals surface area contributed by atoms with Gasteiger partial charge < -0.3 is 5.32 Å². The molecule has 5 nitrogen and oxygen atoms in total. The van der Waals surface area contributed by atoms with Gasteiger partial charge in [0.25, 0.3) is 11.6 Å². The third-order valence-corrected chi connectivity index (χ3v) is 3.57. The Labute approximate surface area is 136 Å². The van der Waals surface area contributed by atoms with Gasteiger partial charge in [-0.25, -0.2) is 0 Å². The van der Waals surface area contributed by atoms with Crippen LogP contribution in [0.4, 0.5) is 11.4 Å². The molecule has 0 spiro atoms. The number of carbonyl (C=O) groups excluding carboxylic acids is 1. The van der Waals surface area contributed by atoms with Crippen LogP contribution in [-0.2, 0) is 0 Å². The summed E-state index contributed by atoms with van der Waals surface area (Å²) in [5, 5.41) is 13.5. The second-order valence-corrected chi connectivity index (χ2v) is 6.08. The predicted octanol–water partition coefficient (Wildman–Crippen LogP) is 4.21. The van der Waals surface area contributed by atoms with Crippen molar-refractivity contribution >= 4 is 55.8 Å². The number of carbonyl (C=O) groups is 1. The van der Waals surface area contributed by atoms with Crippen LogP contribution in [0.25, 0.3) is 0 Å². The van der Waals surface area contributed by atoms with E-state index in [4.69, 9.17) is 0 Å². The van der Waals surface area contributed by atoms with Crippen LogP contribution in [0.5, 0.6) is 0 Å². The van der Waals surface area contributed by atoms with Crippen LogP contribution in [0.1, 0.15) is 10.4 Å². The Hall–Kier alpha value is -1.48. The molecule has 2 rings (SSSR count). The van der Waals surface area contributed by atoms with Gasteiger partial charge in [0.2, 0.25) is 0 Å². The topological polar surface area (TPSA) is 72.2 Å². The number of nitro groups is 1. The van der Waals surface area contributed by atoms with E-state index < -0.39 is 10.8 Å². The molecule has 1 amide bonds. The molecule has 0 radical (unpaired) electrons. The van der Waals surface area contributed by atoms with Crippen molar-refractivity contribution in [3.05, 3.63) is 66.2 Å². The average Bonchev–Trinajstić information content (AvgIpc) is 2.37. The maximum atomic E-state index is 12.1. The number of hydrogen-bond acceptors (Lipinski definition) is 3. The molecule has 0 unspecified atom stereocenters. The summed E-state index contributed by atoms with van der Waals surface area (Å²) >= 11 is 5.30. The quantitative estimate of drug-likeness (QED) is 0.436. The molecule has 0 saturated carbocycles. The van der Waals surface area contributed by atoms with Gasteiger partial charge in [-0.05, 0) is 46.9 Å². The third kappa shape index (κ3) is 3.76. The minimum Gasteiger partial charge on any atom is -0.322 e. The standard InChI is InChI=1S/C13H8BrIN2O3/c14-9-4-8(5-12(6-9)17(19)20)13(18)16-11-3-1-2-10(15)7-11/h1-7H,(H,16,18). The maximum Gasteiger partial charge on any atom is 0.271 e. The second-order valence-electron chi connectivity index (χ2n) is 3.92. The summed E-state index contributed by atoms with van der Waals surface area (Å²) in [5.41, 5.74) is 0.738. The molecule has 0 saturated heterocycles. The fourth-order valence-corrected chi connectivity index (χ4v) is 2.60. The van der Waals surface area contributed by atoms with Crippen LogP contribution < -0.4 is 5.32 Å². The molecular weight excluding hydrogens is 439 g/mol. The van der Waals surface area contributed by atoms with Crippen molar-refractivity contribution in [2.75, 3.05) is 5.32 Å². The first-order valence-corrected chi connectivity index (χ1v) is 7.35. The van der Waals surface area contributed by atoms with E-state index in [2.05, 4.69) is 43.8 Å². The van der Waals surface area contributed by atoms with Crippen molar-refractivity contribution < 1.29 is 9.72 Å². The first-order valence-electron chi connectivity index (χ1n) is 5.47. The van der Waals surface area contributed by atoms with Crippen LogP contribution in [0.15, 0.2) is 46.9 Å². The molecule has 1 N–H and O–H groups in total. The third-order valence-electron chi connectivity index (χ3n) is 2.44. The van der Waals surface area contributed by atoms with E-state index in [1.54, 1.807) is 6.07 Å². The molecule has 2 aromatic rings. The van der Waals surface area contributed by atoms with E-state index in [1.807, 2.05) is 18.2 Å². The number of benzene rings is 2. The minimum atomic E-state index is -0.535. The Morgan fingerprint density at radius 1 is 1.25 bits per heavy atom. The molecular formula is C13H8BrIN2O3. The lowest BCUT2D eigenvalue weighted by atomic mass is 10.2. The number of hydrogen-bond donors (Lipinski definition) is 1. The van der Waals surface area contributed by atoms with Gasteiger partial charge in [-0.15, -0.1) is 0 Å². The van der Waals surface area contributed by atoms with E-state index in [1.165, 1.54) is 18.2 Å². The lowest BCUT2D eigenvalue weighted by molar-refractivity contribution is -0.384. The summed E-state index contributed by atoms with van der Waals surface area (Å²) in [4.78, 5) is 22.3. The molecule has 0 aliphatic rings. The zero-order chi connectivity index (χ0) is 14.7. The van der Waals surface area contributed by atoms with Crippen molar-refractivity contribution in [1.29, 1.82) is 0 Å². The Morgan fingerprint density at radius 2 is 2.00 bits per heavy atom. The van der Waals surface area contributed by atoms with Crippen molar-refractivity contribution in [2.24, 2.45) is 0 Å². The molecule has 0 bridgehead atoms. The number of nitrogens with one attached hydrogen (secondary N) is 1. The van der Waals surface area contributed by atoms with E-state index >= 15 is 0 Å². The van der Waals surface area contributed by atoms with Gasteiger partial charge in [-0.1, -0.05) is 22.0 Å². The normalized spacial score (nSPS) is 10.1.